The standard InChI is InChI=1S/C37H41N7O3/c1-23-5-4-6-33(24(23)2)37(46)43-21-29-13-30(43)20-42(29)35-10-7-25(18-39-35)34-16-32(22-44-36(34)26(17-38-3)19-40-44)47-12-11-41-27-8-9-28(41)15-31(45)14-27/h4-7,10,16-19,22,27-30H,8-9,11-15,20-21H2,1-3H3/b38-17+. The number of Topliss-reactive ketones (excluding diaryl/α,β-unsaturated/α-hetero) is 1. The summed E-state index contributed by atoms with van der Waals surface area (Å²) in [4.78, 5) is 41.6. The van der Waals surface area contributed by atoms with Crippen LogP contribution in [0.3, 0.4) is 0 Å². The Morgan fingerprint density at radius 2 is 1.87 bits per heavy atom. The van der Waals surface area contributed by atoms with Gasteiger partial charge >= 0.3 is 0 Å². The quantitative estimate of drug-likeness (QED) is 0.259. The van der Waals surface area contributed by atoms with E-state index in [2.05, 4.69) is 56.0 Å². The van der Waals surface area contributed by atoms with Gasteiger partial charge in [-0.05, 0) is 68.5 Å². The first-order chi connectivity index (χ1) is 22.9. The summed E-state index contributed by atoms with van der Waals surface area (Å²) in [6.07, 6.45) is 12.0. The van der Waals surface area contributed by atoms with Crippen LogP contribution in [0.4, 0.5) is 5.82 Å². The number of ketones is 1. The molecule has 0 spiro atoms. The van der Waals surface area contributed by atoms with E-state index in [4.69, 9.17) is 9.72 Å². The highest BCUT2D eigenvalue weighted by Crippen LogP contribution is 2.37. The van der Waals surface area contributed by atoms with Crippen molar-refractivity contribution in [3.63, 3.8) is 0 Å². The van der Waals surface area contributed by atoms with Gasteiger partial charge in [0.25, 0.3) is 5.91 Å². The third kappa shape index (κ3) is 5.28. The second-order valence-electron chi connectivity index (χ2n) is 13.6. The molecule has 0 saturated carbocycles. The second-order valence-corrected chi connectivity index (χ2v) is 13.6. The highest BCUT2D eigenvalue weighted by molar-refractivity contribution is 5.97. The van der Waals surface area contributed by atoms with Gasteiger partial charge in [-0.3, -0.25) is 19.5 Å². The van der Waals surface area contributed by atoms with E-state index in [0.29, 0.717) is 43.9 Å². The number of ether oxygens (including phenoxy) is 1. The lowest BCUT2D eigenvalue weighted by molar-refractivity contribution is -0.123. The van der Waals surface area contributed by atoms with Crippen LogP contribution >= 0.6 is 0 Å². The number of hydrogen-bond acceptors (Lipinski definition) is 8. The number of piperidine rings is 1. The van der Waals surface area contributed by atoms with Gasteiger partial charge in [-0.2, -0.15) is 5.10 Å². The number of aliphatic imine (C=N–C) groups is 1. The first-order valence-electron chi connectivity index (χ1n) is 16.8. The summed E-state index contributed by atoms with van der Waals surface area (Å²) in [6, 6.07) is 13.4. The van der Waals surface area contributed by atoms with Crippen LogP contribution in [0.1, 0.15) is 59.2 Å². The largest absolute Gasteiger partial charge is 0.491 e. The molecule has 8 rings (SSSR count). The lowest BCUT2D eigenvalue weighted by Gasteiger charge is -2.35. The molecule has 10 nitrogen and oxygen atoms in total. The van der Waals surface area contributed by atoms with E-state index in [9.17, 15) is 9.59 Å². The molecule has 0 N–H and O–H groups in total. The average molecular weight is 632 g/mol. The zero-order chi connectivity index (χ0) is 32.2. The Morgan fingerprint density at radius 1 is 1.04 bits per heavy atom. The number of likely N-dealkylation sites (tertiary alicyclic amines) is 1. The molecular weight excluding hydrogens is 590 g/mol. The molecule has 7 heterocycles. The fraction of sp³-hybridized carbons (Fsp3) is 0.432. The van der Waals surface area contributed by atoms with Gasteiger partial charge in [0.15, 0.2) is 0 Å². The maximum atomic E-state index is 13.5. The van der Waals surface area contributed by atoms with E-state index < -0.39 is 0 Å². The topological polar surface area (TPSA) is 95.6 Å². The third-order valence-corrected chi connectivity index (χ3v) is 10.9. The number of carbonyl (C=O) groups is 2. The summed E-state index contributed by atoms with van der Waals surface area (Å²) in [7, 11) is 1.76. The SMILES string of the molecule is C/N=C/c1cnn2cc(OCCN3C4CCC3CC(=O)C4)cc(-c3ccc(N4CC5CC4CN5C(=O)c4cccc(C)c4C)nc3)c12. The fourth-order valence-electron chi connectivity index (χ4n) is 8.40. The second kappa shape index (κ2) is 11.9. The molecular formula is C37H41N7O3. The summed E-state index contributed by atoms with van der Waals surface area (Å²) >= 11 is 0. The van der Waals surface area contributed by atoms with Crippen LogP contribution in [0, 0.1) is 13.8 Å². The smallest absolute Gasteiger partial charge is 0.254 e. The van der Waals surface area contributed by atoms with E-state index >= 15 is 0 Å². The molecule has 47 heavy (non-hydrogen) atoms. The maximum absolute atomic E-state index is 13.5. The third-order valence-electron chi connectivity index (χ3n) is 10.9. The van der Waals surface area contributed by atoms with Crippen molar-refractivity contribution in [1.82, 2.24) is 24.4 Å². The van der Waals surface area contributed by atoms with Crippen molar-refractivity contribution in [2.45, 2.75) is 70.1 Å². The van der Waals surface area contributed by atoms with Gasteiger partial charge in [-0.25, -0.2) is 9.50 Å². The number of aryl methyl sites for hydroxylation is 1. The number of aromatic nitrogens is 3. The highest BCUT2D eigenvalue weighted by Gasteiger charge is 2.46. The number of hydrogen-bond donors (Lipinski definition) is 0. The van der Waals surface area contributed by atoms with Crippen molar-refractivity contribution in [3.8, 4) is 16.9 Å². The molecule has 4 unspecified atom stereocenters. The Balaban J connectivity index is 0.997. The molecule has 4 bridgehead atoms. The summed E-state index contributed by atoms with van der Waals surface area (Å²) in [5, 5.41) is 4.62. The number of carbonyl (C=O) groups excluding carboxylic acids is 2. The molecule has 0 aliphatic carbocycles. The normalized spacial score (nSPS) is 23.9. The van der Waals surface area contributed by atoms with Crippen molar-refractivity contribution >= 4 is 29.2 Å². The fourth-order valence-corrected chi connectivity index (χ4v) is 8.40. The van der Waals surface area contributed by atoms with Gasteiger partial charge in [-0.15, -0.1) is 0 Å². The van der Waals surface area contributed by atoms with Gasteiger partial charge in [0.05, 0.1) is 30.0 Å². The van der Waals surface area contributed by atoms with Crippen LogP contribution in [0.15, 0.2) is 60.0 Å². The van der Waals surface area contributed by atoms with Gasteiger partial charge < -0.3 is 14.5 Å². The Morgan fingerprint density at radius 3 is 2.60 bits per heavy atom. The molecule has 4 fully saturated rings. The summed E-state index contributed by atoms with van der Waals surface area (Å²) in [5.41, 5.74) is 6.85. The van der Waals surface area contributed by atoms with E-state index in [1.165, 1.54) is 0 Å². The number of anilines is 1. The van der Waals surface area contributed by atoms with Crippen molar-refractivity contribution in [1.29, 1.82) is 0 Å². The lowest BCUT2D eigenvalue weighted by Crippen LogP contribution is -2.49. The minimum Gasteiger partial charge on any atom is -0.491 e. The van der Waals surface area contributed by atoms with Crippen molar-refractivity contribution in [3.05, 3.63) is 77.2 Å². The predicted molar refractivity (Wildman–Crippen MR) is 182 cm³/mol. The van der Waals surface area contributed by atoms with Crippen LogP contribution in [0.25, 0.3) is 16.6 Å². The summed E-state index contributed by atoms with van der Waals surface area (Å²) < 4.78 is 8.19. The minimum atomic E-state index is 0.137. The molecule has 10 heteroatoms. The molecule has 4 saturated heterocycles. The Labute approximate surface area is 275 Å². The maximum Gasteiger partial charge on any atom is 0.254 e. The van der Waals surface area contributed by atoms with Crippen LogP contribution in [-0.2, 0) is 4.79 Å². The molecule has 4 atom stereocenters. The molecule has 1 aromatic carbocycles. The van der Waals surface area contributed by atoms with Gasteiger partial charge in [0, 0.05) is 86.3 Å². The zero-order valence-electron chi connectivity index (χ0n) is 27.3. The molecule has 242 valence electrons. The van der Waals surface area contributed by atoms with Gasteiger partial charge in [0.2, 0.25) is 0 Å². The van der Waals surface area contributed by atoms with Crippen LogP contribution in [-0.4, -0.2) is 99.8 Å². The summed E-state index contributed by atoms with van der Waals surface area (Å²) in [5.74, 6) is 2.21. The van der Waals surface area contributed by atoms with Gasteiger partial charge in [-0.1, -0.05) is 12.1 Å². The lowest BCUT2D eigenvalue weighted by atomic mass is 10.0. The minimum absolute atomic E-state index is 0.137. The number of pyridine rings is 2. The molecule has 4 aromatic rings. The molecule has 0 radical (unpaired) electrons. The molecule has 4 aliphatic heterocycles. The highest BCUT2D eigenvalue weighted by atomic mass is 16.5. The van der Waals surface area contributed by atoms with Crippen molar-refractivity contribution in [2.75, 3.05) is 38.2 Å². The van der Waals surface area contributed by atoms with E-state index in [0.717, 1.165) is 82.8 Å². The molecule has 4 aliphatic rings. The number of nitrogens with zero attached hydrogens (tertiary/aromatic N) is 7. The van der Waals surface area contributed by atoms with Crippen molar-refractivity contribution < 1.29 is 14.3 Å². The number of rotatable bonds is 8. The predicted octanol–water partition coefficient (Wildman–Crippen LogP) is 4.74. The Hall–Kier alpha value is -4.57. The number of piperazine rings is 1. The zero-order valence-corrected chi connectivity index (χ0v) is 27.3. The van der Waals surface area contributed by atoms with Crippen LogP contribution in [0.5, 0.6) is 5.75 Å². The number of amides is 1. The van der Waals surface area contributed by atoms with Crippen molar-refractivity contribution in [2.24, 2.45) is 4.99 Å². The Kier molecular flexibility index (Phi) is 7.55. The monoisotopic (exact) mass is 631 g/mol. The van der Waals surface area contributed by atoms with Crippen LogP contribution in [0.2, 0.25) is 0 Å². The molecule has 3 aromatic heterocycles. The summed E-state index contributed by atoms with van der Waals surface area (Å²) in [6.45, 7) is 6.95. The first-order valence-corrected chi connectivity index (χ1v) is 16.8. The Bertz CT molecular complexity index is 1870. The molecule has 1 amide bonds. The number of benzene rings is 1. The van der Waals surface area contributed by atoms with Crippen LogP contribution < -0.4 is 9.64 Å². The van der Waals surface area contributed by atoms with E-state index in [-0.39, 0.29) is 18.0 Å². The van der Waals surface area contributed by atoms with Gasteiger partial charge in [0.1, 0.15) is 24.0 Å². The average Bonchev–Trinajstić information content (AvgIpc) is 3.85. The first kappa shape index (κ1) is 29.8. The van der Waals surface area contributed by atoms with E-state index in [1.54, 1.807) is 7.05 Å². The number of fused-ring (bicyclic) bond motifs is 5. The van der Waals surface area contributed by atoms with E-state index in [1.807, 2.05) is 48.4 Å².